The molecule has 0 bridgehead atoms. The van der Waals surface area contributed by atoms with Crippen LogP contribution in [0.3, 0.4) is 0 Å². The first kappa shape index (κ1) is 16.7. The van der Waals surface area contributed by atoms with Gasteiger partial charge in [-0.05, 0) is 37.3 Å². The lowest BCUT2D eigenvalue weighted by atomic mass is 10.2. The van der Waals surface area contributed by atoms with Crippen LogP contribution in [0.4, 0.5) is 4.39 Å². The van der Waals surface area contributed by atoms with Crippen LogP contribution in [0.1, 0.15) is 27.8 Å². The van der Waals surface area contributed by atoms with Crippen LogP contribution in [0.5, 0.6) is 0 Å². The predicted molar refractivity (Wildman–Crippen MR) is 79.9 cm³/mol. The molecular formula is C15H11ClFNO5. The van der Waals surface area contributed by atoms with Crippen LogP contribution in [-0.2, 0) is 4.74 Å². The molecule has 0 unspecified atom stereocenters. The van der Waals surface area contributed by atoms with Gasteiger partial charge in [0.15, 0.2) is 5.69 Å². The number of benzene rings is 1. The van der Waals surface area contributed by atoms with E-state index in [1.165, 1.54) is 12.1 Å². The molecule has 0 saturated carbocycles. The molecule has 0 aliphatic heterocycles. The Morgan fingerprint density at radius 2 is 1.91 bits per heavy atom. The highest BCUT2D eigenvalue weighted by atomic mass is 35.5. The number of halogens is 2. The largest absolute Gasteiger partial charge is 0.477 e. The first-order chi connectivity index (χ1) is 10.9. The van der Waals surface area contributed by atoms with E-state index in [0.29, 0.717) is 0 Å². The van der Waals surface area contributed by atoms with Crippen LogP contribution >= 0.6 is 11.6 Å². The van der Waals surface area contributed by atoms with Crippen LogP contribution in [0.25, 0.3) is 5.69 Å². The van der Waals surface area contributed by atoms with Gasteiger partial charge in [0.25, 0.3) is 5.56 Å². The van der Waals surface area contributed by atoms with Crippen molar-refractivity contribution in [1.29, 1.82) is 0 Å². The summed E-state index contributed by atoms with van der Waals surface area (Å²) in [5.74, 6) is -2.95. The van der Waals surface area contributed by atoms with E-state index >= 15 is 0 Å². The molecule has 1 aromatic heterocycles. The molecule has 0 aliphatic carbocycles. The Labute approximate surface area is 134 Å². The number of carboxylic acid groups (broad SMARTS) is 1. The number of ether oxygens (including phenoxy) is 1. The minimum Gasteiger partial charge on any atom is -0.477 e. The number of carboxylic acids is 1. The summed E-state index contributed by atoms with van der Waals surface area (Å²) in [5.41, 5.74) is -1.80. The predicted octanol–water partition coefficient (Wildman–Crippen LogP) is 2.50. The molecule has 6 nitrogen and oxygen atoms in total. The fourth-order valence-corrected chi connectivity index (χ4v) is 2.25. The van der Waals surface area contributed by atoms with Gasteiger partial charge in [0, 0.05) is 5.69 Å². The fraction of sp³-hybridized carbons (Fsp3) is 0.133. The number of esters is 1. The minimum atomic E-state index is -1.47. The van der Waals surface area contributed by atoms with E-state index in [9.17, 15) is 23.9 Å². The van der Waals surface area contributed by atoms with Gasteiger partial charge in [-0.25, -0.2) is 14.0 Å². The zero-order valence-electron chi connectivity index (χ0n) is 11.9. The van der Waals surface area contributed by atoms with E-state index in [0.717, 1.165) is 22.8 Å². The molecule has 1 N–H and O–H groups in total. The van der Waals surface area contributed by atoms with E-state index in [1.54, 1.807) is 6.92 Å². The number of hydrogen-bond acceptors (Lipinski definition) is 4. The second-order valence-electron chi connectivity index (χ2n) is 4.40. The van der Waals surface area contributed by atoms with Crippen molar-refractivity contribution in [2.24, 2.45) is 0 Å². The van der Waals surface area contributed by atoms with Crippen molar-refractivity contribution >= 4 is 23.5 Å². The SMILES string of the molecule is CCOC(=O)c1cc(Cl)c(C(=O)O)n(-c2ccc(F)cc2)c1=O. The van der Waals surface area contributed by atoms with Crippen LogP contribution in [-0.4, -0.2) is 28.2 Å². The molecule has 23 heavy (non-hydrogen) atoms. The van der Waals surface area contributed by atoms with Gasteiger partial charge in [0.1, 0.15) is 11.4 Å². The molecule has 120 valence electrons. The summed E-state index contributed by atoms with van der Waals surface area (Å²) >= 11 is 5.90. The van der Waals surface area contributed by atoms with Gasteiger partial charge in [-0.2, -0.15) is 0 Å². The highest BCUT2D eigenvalue weighted by Crippen LogP contribution is 2.20. The Hall–Kier alpha value is -2.67. The van der Waals surface area contributed by atoms with Gasteiger partial charge < -0.3 is 9.84 Å². The highest BCUT2D eigenvalue weighted by Gasteiger charge is 2.24. The zero-order valence-corrected chi connectivity index (χ0v) is 12.6. The Balaban J connectivity index is 2.80. The monoisotopic (exact) mass is 339 g/mol. The maximum atomic E-state index is 13.0. The summed E-state index contributed by atoms with van der Waals surface area (Å²) in [6.07, 6.45) is 0. The third-order valence-corrected chi connectivity index (χ3v) is 3.23. The Kier molecular flexibility index (Phi) is 4.80. The minimum absolute atomic E-state index is 0.0348. The Morgan fingerprint density at radius 1 is 1.30 bits per heavy atom. The number of aromatic carboxylic acids is 1. The highest BCUT2D eigenvalue weighted by molar-refractivity contribution is 6.33. The number of hydrogen-bond donors (Lipinski definition) is 1. The quantitative estimate of drug-likeness (QED) is 0.865. The molecule has 8 heteroatoms. The molecule has 2 aromatic rings. The van der Waals surface area contributed by atoms with Gasteiger partial charge in [-0.15, -0.1) is 0 Å². The van der Waals surface area contributed by atoms with E-state index in [1.807, 2.05) is 0 Å². The van der Waals surface area contributed by atoms with Gasteiger partial charge in [0.2, 0.25) is 0 Å². The van der Waals surface area contributed by atoms with Crippen molar-refractivity contribution in [3.05, 3.63) is 62.8 Å². The van der Waals surface area contributed by atoms with Crippen LogP contribution in [0, 0.1) is 5.82 Å². The molecule has 0 atom stereocenters. The second kappa shape index (κ2) is 6.62. The van der Waals surface area contributed by atoms with Gasteiger partial charge in [0.05, 0.1) is 11.6 Å². The molecule has 0 amide bonds. The van der Waals surface area contributed by atoms with Crippen LogP contribution in [0.15, 0.2) is 35.1 Å². The summed E-state index contributed by atoms with van der Waals surface area (Å²) < 4.78 is 18.5. The maximum Gasteiger partial charge on any atom is 0.354 e. The van der Waals surface area contributed by atoms with Crippen molar-refractivity contribution in [3.8, 4) is 5.69 Å². The van der Waals surface area contributed by atoms with Gasteiger partial charge in [-0.1, -0.05) is 11.6 Å². The summed E-state index contributed by atoms with van der Waals surface area (Å²) in [7, 11) is 0. The molecule has 1 aromatic carbocycles. The zero-order chi connectivity index (χ0) is 17.1. The maximum absolute atomic E-state index is 13.0. The second-order valence-corrected chi connectivity index (χ2v) is 4.80. The van der Waals surface area contributed by atoms with E-state index in [2.05, 4.69) is 0 Å². The number of carbonyl (C=O) groups excluding carboxylic acids is 1. The molecule has 0 saturated heterocycles. The lowest BCUT2D eigenvalue weighted by molar-refractivity contribution is 0.0521. The standard InChI is InChI=1S/C15H11ClFNO5/c1-2-23-15(22)10-7-11(16)12(14(20)21)18(13(10)19)9-5-3-8(17)4-6-9/h3-7H,2H2,1H3,(H,20,21). The number of pyridine rings is 1. The molecular weight excluding hydrogens is 329 g/mol. The number of nitrogens with zero attached hydrogens (tertiary/aromatic N) is 1. The Bertz CT molecular complexity index is 829. The molecule has 2 rings (SSSR count). The lowest BCUT2D eigenvalue weighted by Gasteiger charge is -2.13. The summed E-state index contributed by atoms with van der Waals surface area (Å²) in [4.78, 5) is 35.7. The molecule has 1 heterocycles. The van der Waals surface area contributed by atoms with Crippen LogP contribution < -0.4 is 5.56 Å². The molecule has 0 spiro atoms. The van der Waals surface area contributed by atoms with E-state index in [-0.39, 0.29) is 17.3 Å². The molecule has 0 aliphatic rings. The molecule has 0 fully saturated rings. The average molecular weight is 340 g/mol. The summed E-state index contributed by atoms with van der Waals surface area (Å²) in [5, 5.41) is 8.97. The number of rotatable bonds is 4. The number of aromatic nitrogens is 1. The lowest BCUT2D eigenvalue weighted by Crippen LogP contribution is -2.30. The van der Waals surface area contributed by atoms with Crippen molar-refractivity contribution < 1.29 is 23.8 Å². The fourth-order valence-electron chi connectivity index (χ4n) is 1.98. The van der Waals surface area contributed by atoms with Crippen molar-refractivity contribution in [2.45, 2.75) is 6.92 Å². The normalized spacial score (nSPS) is 10.4. The Morgan fingerprint density at radius 3 is 2.43 bits per heavy atom. The average Bonchev–Trinajstić information content (AvgIpc) is 2.49. The van der Waals surface area contributed by atoms with Crippen LogP contribution in [0.2, 0.25) is 5.02 Å². The first-order valence-electron chi connectivity index (χ1n) is 6.48. The van der Waals surface area contributed by atoms with Gasteiger partial charge >= 0.3 is 11.9 Å². The topological polar surface area (TPSA) is 85.6 Å². The van der Waals surface area contributed by atoms with Crippen molar-refractivity contribution in [3.63, 3.8) is 0 Å². The van der Waals surface area contributed by atoms with Crippen molar-refractivity contribution in [2.75, 3.05) is 6.61 Å². The number of carbonyl (C=O) groups is 2. The first-order valence-corrected chi connectivity index (χ1v) is 6.86. The van der Waals surface area contributed by atoms with E-state index < -0.39 is 34.6 Å². The molecule has 0 radical (unpaired) electrons. The smallest absolute Gasteiger partial charge is 0.354 e. The summed E-state index contributed by atoms with van der Waals surface area (Å²) in [6, 6.07) is 5.46. The third kappa shape index (κ3) is 3.24. The van der Waals surface area contributed by atoms with Gasteiger partial charge in [-0.3, -0.25) is 9.36 Å². The third-order valence-electron chi connectivity index (χ3n) is 2.94. The van der Waals surface area contributed by atoms with E-state index in [4.69, 9.17) is 16.3 Å². The van der Waals surface area contributed by atoms with Crippen molar-refractivity contribution in [1.82, 2.24) is 4.57 Å². The summed E-state index contributed by atoms with van der Waals surface area (Å²) in [6.45, 7) is 1.59.